The first kappa shape index (κ1) is 9.52. The minimum absolute atomic E-state index is 0.142. The third-order valence-electron chi connectivity index (χ3n) is 2.59. The van der Waals surface area contributed by atoms with Crippen molar-refractivity contribution < 1.29 is 9.90 Å². The van der Waals surface area contributed by atoms with Crippen LogP contribution in [-0.2, 0) is 4.79 Å². The van der Waals surface area contributed by atoms with Gasteiger partial charge in [0.15, 0.2) is 0 Å². The van der Waals surface area contributed by atoms with E-state index >= 15 is 0 Å². The summed E-state index contributed by atoms with van der Waals surface area (Å²) < 4.78 is 0. The van der Waals surface area contributed by atoms with Crippen molar-refractivity contribution in [2.24, 2.45) is 11.8 Å². The molecule has 1 aliphatic heterocycles. The molecular formula is C9H17NO2. The van der Waals surface area contributed by atoms with E-state index in [2.05, 4.69) is 12.2 Å². The second kappa shape index (κ2) is 4.45. The second-order valence-electron chi connectivity index (χ2n) is 3.51. The van der Waals surface area contributed by atoms with Gasteiger partial charge < -0.3 is 10.4 Å². The van der Waals surface area contributed by atoms with E-state index in [-0.39, 0.29) is 5.92 Å². The van der Waals surface area contributed by atoms with Gasteiger partial charge in [0.05, 0.1) is 5.92 Å². The summed E-state index contributed by atoms with van der Waals surface area (Å²) in [6.07, 6.45) is 3.36. The van der Waals surface area contributed by atoms with Crippen LogP contribution in [0.25, 0.3) is 0 Å². The number of hydrogen-bond acceptors (Lipinski definition) is 2. The zero-order chi connectivity index (χ0) is 8.97. The van der Waals surface area contributed by atoms with Crippen molar-refractivity contribution in [3.05, 3.63) is 0 Å². The molecule has 0 saturated carbocycles. The van der Waals surface area contributed by atoms with Crippen molar-refractivity contribution in [3.63, 3.8) is 0 Å². The molecule has 1 heterocycles. The molecule has 0 aromatic carbocycles. The maximum atomic E-state index is 10.7. The summed E-state index contributed by atoms with van der Waals surface area (Å²) in [7, 11) is 0. The van der Waals surface area contributed by atoms with Crippen molar-refractivity contribution in [1.29, 1.82) is 0 Å². The molecule has 0 aromatic rings. The van der Waals surface area contributed by atoms with Crippen LogP contribution in [0.3, 0.4) is 0 Å². The van der Waals surface area contributed by atoms with Gasteiger partial charge in [0.1, 0.15) is 0 Å². The van der Waals surface area contributed by atoms with Gasteiger partial charge in [0.25, 0.3) is 0 Å². The third kappa shape index (κ3) is 2.21. The fourth-order valence-corrected chi connectivity index (χ4v) is 1.79. The Labute approximate surface area is 73.2 Å². The number of carbonyl (C=O) groups is 1. The fraction of sp³-hybridized carbons (Fsp3) is 0.889. The van der Waals surface area contributed by atoms with Gasteiger partial charge in [-0.1, -0.05) is 19.8 Å². The summed E-state index contributed by atoms with van der Waals surface area (Å²) in [5.74, 6) is -0.417. The van der Waals surface area contributed by atoms with Crippen molar-refractivity contribution in [1.82, 2.24) is 5.32 Å². The maximum Gasteiger partial charge on any atom is 0.308 e. The summed E-state index contributed by atoms with van der Waals surface area (Å²) >= 11 is 0. The van der Waals surface area contributed by atoms with Crippen molar-refractivity contribution in [3.8, 4) is 0 Å². The quantitative estimate of drug-likeness (QED) is 0.666. The Morgan fingerprint density at radius 1 is 1.58 bits per heavy atom. The number of carboxylic acid groups (broad SMARTS) is 1. The van der Waals surface area contributed by atoms with E-state index < -0.39 is 5.97 Å². The number of hydrogen-bond donors (Lipinski definition) is 2. The smallest absolute Gasteiger partial charge is 0.308 e. The Morgan fingerprint density at radius 3 is 2.92 bits per heavy atom. The van der Waals surface area contributed by atoms with Crippen LogP contribution in [0.5, 0.6) is 0 Å². The van der Waals surface area contributed by atoms with Gasteiger partial charge in [-0.05, 0) is 18.9 Å². The highest BCUT2D eigenvalue weighted by Crippen LogP contribution is 2.22. The molecule has 12 heavy (non-hydrogen) atoms. The standard InChI is InChI=1S/C9H17NO2/c1-2-3-4-7-5-10-6-8(7)9(11)12/h7-8,10H,2-6H2,1H3,(H,11,12)/t7-,8?/m0/s1. The van der Waals surface area contributed by atoms with Crippen LogP contribution >= 0.6 is 0 Å². The Hall–Kier alpha value is -0.570. The molecule has 70 valence electrons. The van der Waals surface area contributed by atoms with Crippen LogP contribution in [-0.4, -0.2) is 24.2 Å². The molecule has 2 N–H and O–H groups in total. The summed E-state index contributed by atoms with van der Waals surface area (Å²) in [5, 5.41) is 12.0. The first-order valence-electron chi connectivity index (χ1n) is 4.69. The molecule has 0 bridgehead atoms. The molecule has 1 aliphatic rings. The SMILES string of the molecule is CCCC[C@H]1CNCC1C(=O)O. The van der Waals surface area contributed by atoms with Crippen LogP contribution in [0.15, 0.2) is 0 Å². The van der Waals surface area contributed by atoms with E-state index in [1.54, 1.807) is 0 Å². The third-order valence-corrected chi connectivity index (χ3v) is 2.59. The zero-order valence-electron chi connectivity index (χ0n) is 7.55. The Bertz CT molecular complexity index is 159. The zero-order valence-corrected chi connectivity index (χ0v) is 7.55. The molecule has 0 aliphatic carbocycles. The minimum atomic E-state index is -0.638. The van der Waals surface area contributed by atoms with Gasteiger partial charge in [-0.2, -0.15) is 0 Å². The number of nitrogens with one attached hydrogen (secondary N) is 1. The highest BCUT2D eigenvalue weighted by molar-refractivity contribution is 5.71. The molecule has 1 unspecified atom stereocenters. The summed E-state index contributed by atoms with van der Waals surface area (Å²) in [6, 6.07) is 0. The maximum absolute atomic E-state index is 10.7. The molecule has 3 nitrogen and oxygen atoms in total. The molecule has 1 fully saturated rings. The predicted molar refractivity (Wildman–Crippen MR) is 47.0 cm³/mol. The molecule has 1 rings (SSSR count). The number of rotatable bonds is 4. The van der Waals surface area contributed by atoms with Crippen molar-refractivity contribution >= 4 is 5.97 Å². The van der Waals surface area contributed by atoms with E-state index in [1.165, 1.54) is 0 Å². The summed E-state index contributed by atoms with van der Waals surface area (Å²) in [5.41, 5.74) is 0. The minimum Gasteiger partial charge on any atom is -0.481 e. The van der Waals surface area contributed by atoms with Gasteiger partial charge in [0, 0.05) is 6.54 Å². The van der Waals surface area contributed by atoms with Gasteiger partial charge in [-0.3, -0.25) is 4.79 Å². The highest BCUT2D eigenvalue weighted by atomic mass is 16.4. The molecule has 0 radical (unpaired) electrons. The first-order chi connectivity index (χ1) is 5.75. The van der Waals surface area contributed by atoms with Gasteiger partial charge in [-0.15, -0.1) is 0 Å². The first-order valence-corrected chi connectivity index (χ1v) is 4.69. The molecule has 3 heteroatoms. The van der Waals surface area contributed by atoms with Crippen LogP contribution < -0.4 is 5.32 Å². The van der Waals surface area contributed by atoms with E-state index in [4.69, 9.17) is 5.11 Å². The lowest BCUT2D eigenvalue weighted by atomic mass is 9.91. The van der Waals surface area contributed by atoms with Crippen LogP contribution in [0.4, 0.5) is 0 Å². The average molecular weight is 171 g/mol. The monoisotopic (exact) mass is 171 g/mol. The summed E-state index contributed by atoms with van der Waals surface area (Å²) in [6.45, 7) is 3.68. The number of aliphatic carboxylic acids is 1. The largest absolute Gasteiger partial charge is 0.481 e. The molecule has 0 aromatic heterocycles. The number of carboxylic acids is 1. The highest BCUT2D eigenvalue weighted by Gasteiger charge is 2.31. The van der Waals surface area contributed by atoms with E-state index in [9.17, 15) is 4.79 Å². The number of unbranched alkanes of at least 4 members (excludes halogenated alkanes) is 1. The van der Waals surface area contributed by atoms with Crippen LogP contribution in [0.2, 0.25) is 0 Å². The molecule has 1 saturated heterocycles. The normalized spacial score (nSPS) is 29.1. The average Bonchev–Trinajstić information content (AvgIpc) is 2.48. The van der Waals surface area contributed by atoms with Gasteiger partial charge in [0.2, 0.25) is 0 Å². The van der Waals surface area contributed by atoms with Crippen molar-refractivity contribution in [2.75, 3.05) is 13.1 Å². The van der Waals surface area contributed by atoms with Crippen LogP contribution in [0.1, 0.15) is 26.2 Å². The van der Waals surface area contributed by atoms with Crippen molar-refractivity contribution in [2.45, 2.75) is 26.2 Å². The topological polar surface area (TPSA) is 49.3 Å². The molecule has 2 atom stereocenters. The fourth-order valence-electron chi connectivity index (χ4n) is 1.79. The molecular weight excluding hydrogens is 154 g/mol. The summed E-state index contributed by atoms with van der Waals surface area (Å²) in [4.78, 5) is 10.7. The lowest BCUT2D eigenvalue weighted by Crippen LogP contribution is -2.22. The van der Waals surface area contributed by atoms with Crippen LogP contribution in [0, 0.1) is 11.8 Å². The predicted octanol–water partition coefficient (Wildman–Crippen LogP) is 1.10. The Kier molecular flexibility index (Phi) is 3.53. The van der Waals surface area contributed by atoms with E-state index in [0.717, 1.165) is 25.8 Å². The second-order valence-corrected chi connectivity index (χ2v) is 3.51. The Morgan fingerprint density at radius 2 is 2.33 bits per heavy atom. The molecule has 0 spiro atoms. The van der Waals surface area contributed by atoms with E-state index in [1.807, 2.05) is 0 Å². The molecule has 0 amide bonds. The van der Waals surface area contributed by atoms with Gasteiger partial charge >= 0.3 is 5.97 Å². The lowest BCUT2D eigenvalue weighted by molar-refractivity contribution is -0.142. The Balaban J connectivity index is 2.35. The van der Waals surface area contributed by atoms with Gasteiger partial charge in [-0.25, -0.2) is 0 Å². The van der Waals surface area contributed by atoms with E-state index in [0.29, 0.717) is 12.5 Å². The lowest BCUT2D eigenvalue weighted by Gasteiger charge is -2.13.